The Hall–Kier alpha value is -2.08. The zero-order valence-corrected chi connectivity index (χ0v) is 20.0. The number of morpholine rings is 1. The molecule has 174 valence electrons. The first-order valence-electron chi connectivity index (χ1n) is 11.0. The molecule has 0 atom stereocenters. The number of ether oxygens (including phenoxy) is 1. The van der Waals surface area contributed by atoms with Gasteiger partial charge in [-0.15, -0.1) is 10.2 Å². The van der Waals surface area contributed by atoms with Crippen molar-refractivity contribution in [2.24, 2.45) is 0 Å². The van der Waals surface area contributed by atoms with Gasteiger partial charge in [0.2, 0.25) is 15.2 Å². The minimum Gasteiger partial charge on any atom is -0.379 e. The number of carbonyl (C=O) groups excluding carboxylic acids is 1. The molecule has 9 nitrogen and oxygen atoms in total. The molecule has 0 aliphatic carbocycles. The number of hydrogen-bond donors (Lipinski definition) is 1. The van der Waals surface area contributed by atoms with E-state index in [1.54, 1.807) is 12.1 Å². The second-order valence-electron chi connectivity index (χ2n) is 8.30. The molecule has 2 saturated heterocycles. The summed E-state index contributed by atoms with van der Waals surface area (Å²) in [7, 11) is -3.72. The fourth-order valence-electron chi connectivity index (χ4n) is 3.89. The van der Waals surface area contributed by atoms with Gasteiger partial charge in [0.05, 0.1) is 23.7 Å². The standard InChI is InChI=1S/C21H29N5O4S2/c1-15(2)20-23-24-21(31-20)22-19(27)17-14-16(32(28,29)26-10-12-30-13-11-26)6-7-18(17)25-8-4-3-5-9-25/h6-7,14-15H,3-5,8-13H2,1-2H3,(H,22,24,27). The van der Waals surface area contributed by atoms with E-state index >= 15 is 0 Å². The topological polar surface area (TPSA) is 105 Å². The second-order valence-corrected chi connectivity index (χ2v) is 11.2. The Kier molecular flexibility index (Phi) is 7.08. The fraction of sp³-hybridized carbons (Fsp3) is 0.571. The number of carbonyl (C=O) groups is 1. The molecule has 2 aromatic rings. The van der Waals surface area contributed by atoms with Crippen molar-refractivity contribution in [1.82, 2.24) is 14.5 Å². The Morgan fingerprint density at radius 2 is 1.81 bits per heavy atom. The first-order valence-corrected chi connectivity index (χ1v) is 13.2. The maximum absolute atomic E-state index is 13.3. The van der Waals surface area contributed by atoms with Crippen LogP contribution in [0.2, 0.25) is 0 Å². The van der Waals surface area contributed by atoms with Crippen molar-refractivity contribution in [2.75, 3.05) is 49.6 Å². The number of aromatic nitrogens is 2. The lowest BCUT2D eigenvalue weighted by Crippen LogP contribution is -2.40. The molecule has 0 bridgehead atoms. The van der Waals surface area contributed by atoms with E-state index < -0.39 is 10.0 Å². The summed E-state index contributed by atoms with van der Waals surface area (Å²) < 4.78 is 33.1. The van der Waals surface area contributed by atoms with Gasteiger partial charge in [0.1, 0.15) is 5.01 Å². The van der Waals surface area contributed by atoms with Crippen molar-refractivity contribution in [1.29, 1.82) is 0 Å². The molecule has 1 aromatic heterocycles. The fourth-order valence-corrected chi connectivity index (χ4v) is 6.06. The highest BCUT2D eigenvalue weighted by Crippen LogP contribution is 2.30. The van der Waals surface area contributed by atoms with Gasteiger partial charge >= 0.3 is 0 Å². The average molecular weight is 480 g/mol. The van der Waals surface area contributed by atoms with Gasteiger partial charge in [-0.05, 0) is 37.5 Å². The van der Waals surface area contributed by atoms with E-state index in [0.717, 1.165) is 43.0 Å². The summed E-state index contributed by atoms with van der Waals surface area (Å²) in [6, 6.07) is 4.86. The largest absolute Gasteiger partial charge is 0.379 e. The third-order valence-corrected chi connectivity index (χ3v) is 8.71. The van der Waals surface area contributed by atoms with Crippen molar-refractivity contribution in [2.45, 2.75) is 43.9 Å². The number of benzene rings is 1. The maximum atomic E-state index is 13.3. The Morgan fingerprint density at radius 3 is 2.47 bits per heavy atom. The van der Waals surface area contributed by atoms with Crippen LogP contribution >= 0.6 is 11.3 Å². The molecule has 4 rings (SSSR count). The van der Waals surface area contributed by atoms with E-state index in [1.165, 1.54) is 21.7 Å². The maximum Gasteiger partial charge on any atom is 0.259 e. The third kappa shape index (κ3) is 4.95. The van der Waals surface area contributed by atoms with Crippen molar-refractivity contribution >= 4 is 38.1 Å². The highest BCUT2D eigenvalue weighted by Gasteiger charge is 2.29. The second kappa shape index (κ2) is 9.82. The van der Waals surface area contributed by atoms with Crippen LogP contribution in [0.15, 0.2) is 23.1 Å². The van der Waals surface area contributed by atoms with Crippen LogP contribution < -0.4 is 10.2 Å². The molecule has 3 heterocycles. The number of hydrogen-bond acceptors (Lipinski definition) is 8. The molecule has 1 aromatic carbocycles. The number of nitrogens with one attached hydrogen (secondary N) is 1. The van der Waals surface area contributed by atoms with Gasteiger partial charge in [0.15, 0.2) is 0 Å². The summed E-state index contributed by atoms with van der Waals surface area (Å²) in [6.07, 6.45) is 3.25. The quantitative estimate of drug-likeness (QED) is 0.679. The number of anilines is 2. The summed E-state index contributed by atoms with van der Waals surface area (Å²) in [5.74, 6) is -0.167. The minimum atomic E-state index is -3.72. The predicted molar refractivity (Wildman–Crippen MR) is 124 cm³/mol. The van der Waals surface area contributed by atoms with Crippen LogP contribution in [0.3, 0.4) is 0 Å². The normalized spacial score (nSPS) is 18.2. The zero-order valence-electron chi connectivity index (χ0n) is 18.4. The van der Waals surface area contributed by atoms with Gasteiger partial charge in [0.25, 0.3) is 5.91 Å². The molecule has 0 radical (unpaired) electrons. The Morgan fingerprint density at radius 1 is 1.09 bits per heavy atom. The Bertz CT molecular complexity index is 1060. The molecule has 2 fully saturated rings. The lowest BCUT2D eigenvalue weighted by Gasteiger charge is -2.31. The number of nitrogens with zero attached hydrogens (tertiary/aromatic N) is 4. The van der Waals surface area contributed by atoms with E-state index in [1.807, 2.05) is 13.8 Å². The number of rotatable bonds is 6. The summed E-state index contributed by atoms with van der Waals surface area (Å²) in [5.41, 5.74) is 1.08. The van der Waals surface area contributed by atoms with Crippen LogP contribution in [0.4, 0.5) is 10.8 Å². The van der Waals surface area contributed by atoms with Crippen molar-refractivity contribution in [3.63, 3.8) is 0 Å². The molecule has 2 aliphatic heterocycles. The van der Waals surface area contributed by atoms with E-state index in [2.05, 4.69) is 20.4 Å². The molecule has 0 saturated carbocycles. The smallest absolute Gasteiger partial charge is 0.259 e. The average Bonchev–Trinajstić information content (AvgIpc) is 3.28. The van der Waals surface area contributed by atoms with Gasteiger partial charge in [-0.1, -0.05) is 25.2 Å². The van der Waals surface area contributed by atoms with Crippen molar-refractivity contribution < 1.29 is 17.9 Å². The zero-order chi connectivity index (χ0) is 22.7. The van der Waals surface area contributed by atoms with Crippen LogP contribution in [0.5, 0.6) is 0 Å². The van der Waals surface area contributed by atoms with E-state index in [9.17, 15) is 13.2 Å². The van der Waals surface area contributed by atoms with Crippen LogP contribution in [0.25, 0.3) is 0 Å². The van der Waals surface area contributed by atoms with Crippen LogP contribution in [0.1, 0.15) is 54.4 Å². The van der Waals surface area contributed by atoms with Crippen LogP contribution in [-0.2, 0) is 14.8 Å². The van der Waals surface area contributed by atoms with Crippen molar-refractivity contribution in [3.05, 3.63) is 28.8 Å². The van der Waals surface area contributed by atoms with Crippen molar-refractivity contribution in [3.8, 4) is 0 Å². The van der Waals surface area contributed by atoms with Gasteiger partial charge in [0, 0.05) is 37.8 Å². The SMILES string of the molecule is CC(C)c1nnc(NC(=O)c2cc(S(=O)(=O)N3CCOCC3)ccc2N2CCCCC2)s1. The molecule has 2 aliphatic rings. The van der Waals surface area contributed by atoms with Crippen LogP contribution in [0, 0.1) is 0 Å². The summed E-state index contributed by atoms with van der Waals surface area (Å²) in [6.45, 7) is 7.06. The summed E-state index contributed by atoms with van der Waals surface area (Å²) in [4.78, 5) is 15.6. The predicted octanol–water partition coefficient (Wildman–Crippen LogP) is 2.93. The monoisotopic (exact) mass is 479 g/mol. The third-order valence-electron chi connectivity index (χ3n) is 5.67. The number of amides is 1. The van der Waals surface area contributed by atoms with E-state index in [4.69, 9.17) is 4.74 Å². The first-order chi connectivity index (χ1) is 15.4. The van der Waals surface area contributed by atoms with E-state index in [-0.39, 0.29) is 16.7 Å². The lowest BCUT2D eigenvalue weighted by atomic mass is 10.1. The molecular weight excluding hydrogens is 450 g/mol. The molecular formula is C21H29N5O4S2. The first kappa shape index (κ1) is 23.1. The Labute approximate surface area is 192 Å². The summed E-state index contributed by atoms with van der Waals surface area (Å²) in [5, 5.41) is 12.3. The molecule has 1 N–H and O–H groups in total. The Balaban J connectivity index is 1.67. The molecule has 32 heavy (non-hydrogen) atoms. The lowest BCUT2D eigenvalue weighted by molar-refractivity contribution is 0.0730. The number of sulfonamides is 1. The van der Waals surface area contributed by atoms with Gasteiger partial charge < -0.3 is 9.64 Å². The number of piperidine rings is 1. The van der Waals surface area contributed by atoms with E-state index in [0.29, 0.717) is 37.0 Å². The molecule has 11 heteroatoms. The van der Waals surface area contributed by atoms with Gasteiger partial charge in [-0.25, -0.2) is 8.42 Å². The highest BCUT2D eigenvalue weighted by molar-refractivity contribution is 7.89. The highest BCUT2D eigenvalue weighted by atomic mass is 32.2. The molecule has 1 amide bonds. The molecule has 0 spiro atoms. The van der Waals surface area contributed by atoms with Gasteiger partial charge in [-0.2, -0.15) is 4.31 Å². The van der Waals surface area contributed by atoms with Crippen LogP contribution in [-0.4, -0.2) is 68.2 Å². The van der Waals surface area contributed by atoms with Gasteiger partial charge in [-0.3, -0.25) is 10.1 Å². The molecule has 0 unspecified atom stereocenters. The summed E-state index contributed by atoms with van der Waals surface area (Å²) >= 11 is 1.33. The minimum absolute atomic E-state index is 0.116.